The number of hydrogen-bond donors (Lipinski definition) is 3. The molecular weight excluding hydrogens is 402 g/mol. The van der Waals surface area contributed by atoms with Crippen molar-refractivity contribution in [2.45, 2.75) is 0 Å². The first-order valence-corrected chi connectivity index (χ1v) is 9.67. The average molecular weight is 417 g/mol. The summed E-state index contributed by atoms with van der Waals surface area (Å²) in [7, 11) is 0. The molecule has 0 aliphatic carbocycles. The number of amides is 2. The fourth-order valence-electron chi connectivity index (χ4n) is 2.75. The van der Waals surface area contributed by atoms with Gasteiger partial charge in [0.15, 0.2) is 0 Å². The first-order chi connectivity index (χ1) is 14.6. The predicted molar refractivity (Wildman–Crippen MR) is 115 cm³/mol. The van der Waals surface area contributed by atoms with Crippen LogP contribution >= 0.6 is 11.3 Å². The van der Waals surface area contributed by atoms with Crippen LogP contribution < -0.4 is 10.7 Å². The number of nitrogens with one attached hydrogen (secondary N) is 2. The minimum Gasteiger partial charge on any atom is -0.507 e. The summed E-state index contributed by atoms with van der Waals surface area (Å²) in [6, 6.07) is 20.1. The van der Waals surface area contributed by atoms with Crippen LogP contribution in [0.3, 0.4) is 0 Å². The van der Waals surface area contributed by atoms with E-state index < -0.39 is 11.8 Å². The quantitative estimate of drug-likeness (QED) is 0.268. The zero-order chi connectivity index (χ0) is 20.9. The summed E-state index contributed by atoms with van der Waals surface area (Å²) in [5.41, 5.74) is 3.44. The number of fused-ring (bicyclic) bond motifs is 1. The highest BCUT2D eigenvalue weighted by Crippen LogP contribution is 2.26. The Balaban J connectivity index is 1.41. The highest BCUT2D eigenvalue weighted by Gasteiger charge is 2.16. The fraction of sp³-hybridized carbons (Fsp3) is 0. The van der Waals surface area contributed by atoms with E-state index >= 15 is 0 Å². The number of carbonyl (C=O) groups is 2. The molecule has 0 saturated carbocycles. The van der Waals surface area contributed by atoms with Crippen molar-refractivity contribution in [1.82, 2.24) is 15.6 Å². The van der Waals surface area contributed by atoms with Gasteiger partial charge in [-0.15, -0.1) is 10.2 Å². The summed E-state index contributed by atoms with van der Waals surface area (Å²) in [4.78, 5) is 24.1. The lowest BCUT2D eigenvalue weighted by Crippen LogP contribution is -2.32. The number of aromatic hydroxyl groups is 1. The first-order valence-electron chi connectivity index (χ1n) is 8.86. The Morgan fingerprint density at radius 2 is 1.70 bits per heavy atom. The molecule has 3 aromatic carbocycles. The van der Waals surface area contributed by atoms with E-state index in [2.05, 4.69) is 26.0 Å². The number of phenols is 1. The van der Waals surface area contributed by atoms with E-state index in [-0.39, 0.29) is 10.9 Å². The van der Waals surface area contributed by atoms with Crippen LogP contribution in [-0.4, -0.2) is 33.3 Å². The number of rotatable bonds is 4. The Morgan fingerprint density at radius 1 is 0.933 bits per heavy atom. The average Bonchev–Trinajstić information content (AvgIpc) is 3.24. The van der Waals surface area contributed by atoms with Crippen LogP contribution in [0.25, 0.3) is 21.3 Å². The minimum absolute atomic E-state index is 0.0125. The zero-order valence-electron chi connectivity index (χ0n) is 15.4. The lowest BCUT2D eigenvalue weighted by molar-refractivity contribution is -0.136. The third-order valence-corrected chi connectivity index (χ3v) is 5.07. The van der Waals surface area contributed by atoms with Crippen LogP contribution in [0, 0.1) is 0 Å². The summed E-state index contributed by atoms with van der Waals surface area (Å²) >= 11 is 1.15. The smallest absolute Gasteiger partial charge is 0.329 e. The van der Waals surface area contributed by atoms with Crippen LogP contribution in [-0.2, 0) is 9.59 Å². The molecule has 1 heterocycles. The number of anilines is 1. The molecule has 4 rings (SSSR count). The number of hydrogen-bond acceptors (Lipinski definition) is 7. The van der Waals surface area contributed by atoms with Gasteiger partial charge in [0, 0.05) is 11.1 Å². The van der Waals surface area contributed by atoms with E-state index in [1.807, 2.05) is 54.6 Å². The third-order valence-electron chi connectivity index (χ3n) is 4.18. The van der Waals surface area contributed by atoms with Gasteiger partial charge in [0.05, 0.1) is 6.21 Å². The Hall–Kier alpha value is -4.11. The molecule has 3 N–H and O–H groups in total. The van der Waals surface area contributed by atoms with Gasteiger partial charge in [-0.2, -0.15) is 5.10 Å². The molecule has 1 aromatic heterocycles. The minimum atomic E-state index is -0.970. The van der Waals surface area contributed by atoms with Crippen molar-refractivity contribution in [2.24, 2.45) is 5.10 Å². The van der Waals surface area contributed by atoms with Crippen molar-refractivity contribution in [2.75, 3.05) is 5.32 Å². The maximum Gasteiger partial charge on any atom is 0.329 e. The highest BCUT2D eigenvalue weighted by atomic mass is 32.1. The topological polar surface area (TPSA) is 117 Å². The lowest BCUT2D eigenvalue weighted by Gasteiger charge is -2.04. The van der Waals surface area contributed by atoms with Gasteiger partial charge >= 0.3 is 11.8 Å². The number of phenolic OH excluding ortho intramolecular Hbond substituents is 1. The van der Waals surface area contributed by atoms with Crippen LogP contribution in [0.15, 0.2) is 71.8 Å². The second kappa shape index (κ2) is 8.50. The van der Waals surface area contributed by atoms with Crippen molar-refractivity contribution in [1.29, 1.82) is 0 Å². The monoisotopic (exact) mass is 417 g/mol. The van der Waals surface area contributed by atoms with Crippen LogP contribution in [0.5, 0.6) is 5.75 Å². The Labute approximate surface area is 174 Å². The summed E-state index contributed by atoms with van der Waals surface area (Å²) in [6.45, 7) is 0. The normalized spacial score (nSPS) is 10.9. The van der Waals surface area contributed by atoms with Gasteiger partial charge in [0.2, 0.25) is 5.13 Å². The number of nitrogens with zero attached hydrogens (tertiary/aromatic N) is 3. The fourth-order valence-corrected chi connectivity index (χ4v) is 3.50. The molecule has 0 atom stereocenters. The molecule has 9 heteroatoms. The summed E-state index contributed by atoms with van der Waals surface area (Å²) in [5, 5.41) is 26.6. The van der Waals surface area contributed by atoms with Crippen molar-refractivity contribution in [3.05, 3.63) is 72.3 Å². The molecule has 0 unspecified atom stereocenters. The third kappa shape index (κ3) is 4.15. The Morgan fingerprint density at radius 3 is 2.53 bits per heavy atom. The predicted octanol–water partition coefficient (Wildman–Crippen LogP) is 3.15. The SMILES string of the molecule is O=C(N/N=C/c1c(O)ccc2ccccc12)C(=O)Nc1nnc(-c2ccccc2)s1. The van der Waals surface area contributed by atoms with Gasteiger partial charge in [-0.25, -0.2) is 5.43 Å². The number of carbonyl (C=O) groups excluding carboxylic acids is 2. The molecule has 0 aliphatic heterocycles. The van der Waals surface area contributed by atoms with E-state index in [1.54, 1.807) is 6.07 Å². The molecule has 2 amide bonds. The maximum atomic E-state index is 12.1. The molecule has 30 heavy (non-hydrogen) atoms. The number of hydrazone groups is 1. The standard InChI is InChI=1S/C21H15N5O3S/c27-17-11-10-13-6-4-5-9-15(13)16(17)12-22-24-19(29)18(28)23-21-26-25-20(30-21)14-7-2-1-3-8-14/h1-12,27H,(H,24,29)(H,23,26,28)/b22-12+. The van der Waals surface area contributed by atoms with Gasteiger partial charge in [0.1, 0.15) is 10.8 Å². The molecule has 0 fully saturated rings. The number of aromatic nitrogens is 2. The van der Waals surface area contributed by atoms with E-state index in [9.17, 15) is 14.7 Å². The summed E-state index contributed by atoms with van der Waals surface area (Å²) in [5.74, 6) is -1.88. The molecule has 0 spiro atoms. The molecule has 8 nitrogen and oxygen atoms in total. The van der Waals surface area contributed by atoms with Crippen molar-refractivity contribution >= 4 is 45.3 Å². The Bertz CT molecular complexity index is 1250. The van der Waals surface area contributed by atoms with E-state index in [0.29, 0.717) is 10.6 Å². The highest BCUT2D eigenvalue weighted by molar-refractivity contribution is 7.18. The van der Waals surface area contributed by atoms with Crippen LogP contribution in [0.4, 0.5) is 5.13 Å². The molecule has 4 aromatic rings. The van der Waals surface area contributed by atoms with Gasteiger partial charge < -0.3 is 5.11 Å². The molecular formula is C21H15N5O3S. The molecule has 0 bridgehead atoms. The first kappa shape index (κ1) is 19.2. The van der Waals surface area contributed by atoms with Gasteiger partial charge in [-0.05, 0) is 16.8 Å². The molecule has 148 valence electrons. The van der Waals surface area contributed by atoms with Gasteiger partial charge in [-0.1, -0.05) is 72.0 Å². The van der Waals surface area contributed by atoms with E-state index in [0.717, 1.165) is 27.7 Å². The van der Waals surface area contributed by atoms with Crippen molar-refractivity contribution in [3.63, 3.8) is 0 Å². The lowest BCUT2D eigenvalue weighted by atomic mass is 10.0. The summed E-state index contributed by atoms with van der Waals surface area (Å²) in [6.07, 6.45) is 1.29. The van der Waals surface area contributed by atoms with Gasteiger partial charge in [0.25, 0.3) is 0 Å². The van der Waals surface area contributed by atoms with E-state index in [4.69, 9.17) is 0 Å². The molecule has 0 radical (unpaired) electrons. The zero-order valence-corrected chi connectivity index (χ0v) is 16.3. The largest absolute Gasteiger partial charge is 0.507 e. The van der Waals surface area contributed by atoms with Crippen LogP contribution in [0.2, 0.25) is 0 Å². The summed E-state index contributed by atoms with van der Waals surface area (Å²) < 4.78 is 0. The van der Waals surface area contributed by atoms with Crippen molar-refractivity contribution < 1.29 is 14.7 Å². The molecule has 0 saturated heterocycles. The number of benzene rings is 3. The van der Waals surface area contributed by atoms with Gasteiger partial charge in [-0.3, -0.25) is 14.9 Å². The van der Waals surface area contributed by atoms with Crippen molar-refractivity contribution in [3.8, 4) is 16.3 Å². The maximum absolute atomic E-state index is 12.1. The second-order valence-corrected chi connectivity index (χ2v) is 7.13. The molecule has 0 aliphatic rings. The van der Waals surface area contributed by atoms with Crippen LogP contribution in [0.1, 0.15) is 5.56 Å². The Kier molecular flexibility index (Phi) is 5.44. The second-order valence-electron chi connectivity index (χ2n) is 6.15. The van der Waals surface area contributed by atoms with E-state index in [1.165, 1.54) is 12.3 Å².